The minimum Gasteiger partial charge on any atom is -0.195 e. The largest absolute Gasteiger partial charge is 0.196 e. The fraction of sp³-hybridized carbons (Fsp3) is 0.864. The zero-order valence-electron chi connectivity index (χ0n) is 15.6. The van der Waals surface area contributed by atoms with E-state index < -0.39 is 5.83 Å². The minimum absolute atomic E-state index is 0.306. The summed E-state index contributed by atoms with van der Waals surface area (Å²) in [5, 5.41) is 8.56. The van der Waals surface area contributed by atoms with Gasteiger partial charge in [-0.1, -0.05) is 58.3 Å². The third kappa shape index (κ3) is 6.58. The molecule has 0 radical (unpaired) electrons. The van der Waals surface area contributed by atoms with Gasteiger partial charge in [-0.3, -0.25) is 0 Å². The van der Waals surface area contributed by atoms with E-state index in [1.807, 2.05) is 0 Å². The lowest BCUT2D eigenvalue weighted by molar-refractivity contribution is 0.151. The number of unbranched alkanes of at least 4 members (excludes halogenated alkanes) is 4. The van der Waals surface area contributed by atoms with Gasteiger partial charge in [0.2, 0.25) is 0 Å². The summed E-state index contributed by atoms with van der Waals surface area (Å²) >= 11 is 0. The van der Waals surface area contributed by atoms with Crippen LogP contribution in [0.25, 0.3) is 0 Å². The lowest BCUT2D eigenvalue weighted by Gasteiger charge is -2.37. The van der Waals surface area contributed by atoms with Crippen molar-refractivity contribution in [1.29, 1.82) is 5.26 Å². The maximum atomic E-state index is 13.1. The van der Waals surface area contributed by atoms with Crippen molar-refractivity contribution in [2.45, 2.75) is 96.8 Å². The summed E-state index contributed by atoms with van der Waals surface area (Å²) in [7, 11) is 0. The highest BCUT2D eigenvalue weighted by molar-refractivity contribution is 5.13. The van der Waals surface area contributed by atoms with E-state index in [0.29, 0.717) is 5.92 Å². The van der Waals surface area contributed by atoms with Crippen molar-refractivity contribution < 1.29 is 4.39 Å². The van der Waals surface area contributed by atoms with Crippen LogP contribution in [0.1, 0.15) is 96.8 Å². The van der Waals surface area contributed by atoms with Crippen LogP contribution in [0.15, 0.2) is 11.9 Å². The lowest BCUT2D eigenvalue weighted by Crippen LogP contribution is -2.25. The average Bonchev–Trinajstić information content (AvgIpc) is 2.63. The van der Waals surface area contributed by atoms with E-state index >= 15 is 0 Å². The molecule has 136 valence electrons. The molecule has 0 aromatic heterocycles. The molecule has 0 amide bonds. The molecule has 2 heteroatoms. The summed E-state index contributed by atoms with van der Waals surface area (Å²) in [5.41, 5.74) is 0. The van der Waals surface area contributed by atoms with Crippen molar-refractivity contribution >= 4 is 0 Å². The molecule has 0 aliphatic heterocycles. The predicted octanol–water partition coefficient (Wildman–Crippen LogP) is 7.34. The first-order valence-electron chi connectivity index (χ1n) is 10.5. The summed E-state index contributed by atoms with van der Waals surface area (Å²) in [6.45, 7) is 2.28. The number of nitrogens with zero attached hydrogens (tertiary/aromatic N) is 1. The van der Waals surface area contributed by atoms with Gasteiger partial charge >= 0.3 is 0 Å². The van der Waals surface area contributed by atoms with E-state index in [0.717, 1.165) is 30.6 Å². The molecule has 0 aromatic rings. The summed E-state index contributed by atoms with van der Waals surface area (Å²) in [5.74, 6) is 2.50. The quantitative estimate of drug-likeness (QED) is 0.337. The molecule has 24 heavy (non-hydrogen) atoms. The van der Waals surface area contributed by atoms with E-state index in [-0.39, 0.29) is 0 Å². The molecule has 1 nitrogen and oxygen atoms in total. The van der Waals surface area contributed by atoms with Crippen molar-refractivity contribution in [1.82, 2.24) is 0 Å². The molecule has 0 aromatic carbocycles. The molecule has 0 bridgehead atoms. The normalized spacial score (nSPS) is 31.6. The molecule has 2 rings (SSSR count). The van der Waals surface area contributed by atoms with Gasteiger partial charge in [-0.05, 0) is 68.3 Å². The molecule has 2 fully saturated rings. The number of allylic oxidation sites excluding steroid dienone is 2. The summed E-state index contributed by atoms with van der Waals surface area (Å²) in [6.07, 6.45) is 20.5. The van der Waals surface area contributed by atoms with Gasteiger partial charge < -0.3 is 0 Å². The Morgan fingerprint density at radius 1 is 0.917 bits per heavy atom. The van der Waals surface area contributed by atoms with Crippen LogP contribution in [0, 0.1) is 35.0 Å². The third-order valence-corrected chi connectivity index (χ3v) is 6.58. The minimum atomic E-state index is -0.585. The van der Waals surface area contributed by atoms with Gasteiger partial charge in [-0.2, -0.15) is 9.65 Å². The zero-order chi connectivity index (χ0) is 17.2. The maximum Gasteiger partial charge on any atom is 0.196 e. The fourth-order valence-electron chi connectivity index (χ4n) is 5.01. The van der Waals surface area contributed by atoms with Crippen LogP contribution >= 0.6 is 0 Å². The first kappa shape index (κ1) is 19.5. The zero-order valence-corrected chi connectivity index (χ0v) is 15.6. The number of rotatable bonds is 8. The van der Waals surface area contributed by atoms with Crippen molar-refractivity contribution in [2.24, 2.45) is 23.7 Å². The smallest absolute Gasteiger partial charge is 0.195 e. The van der Waals surface area contributed by atoms with E-state index in [1.54, 1.807) is 12.1 Å². The van der Waals surface area contributed by atoms with Gasteiger partial charge in [0.25, 0.3) is 0 Å². The standard InChI is InChI=1S/C22H36FN/c1-2-3-4-5-6-7-18-8-12-20(13-9-18)21-14-10-19(11-15-21)16-22(23)17-24/h16,18-21H,2-15H2,1H3/t18-,19-,20-,21-. The summed E-state index contributed by atoms with van der Waals surface area (Å²) in [4.78, 5) is 0. The molecule has 0 unspecified atom stereocenters. The van der Waals surface area contributed by atoms with Gasteiger partial charge in [-0.25, -0.2) is 0 Å². The molecule has 0 saturated heterocycles. The molecule has 2 saturated carbocycles. The number of hydrogen-bond donors (Lipinski definition) is 0. The van der Waals surface area contributed by atoms with Crippen LogP contribution < -0.4 is 0 Å². The van der Waals surface area contributed by atoms with Crippen molar-refractivity contribution in [3.05, 3.63) is 11.9 Å². The van der Waals surface area contributed by atoms with E-state index in [2.05, 4.69) is 6.92 Å². The second-order valence-electron chi connectivity index (χ2n) is 8.28. The summed E-state index contributed by atoms with van der Waals surface area (Å²) in [6, 6.07) is 1.61. The van der Waals surface area contributed by atoms with E-state index in [1.165, 1.54) is 77.0 Å². The van der Waals surface area contributed by atoms with Gasteiger partial charge in [-0.15, -0.1) is 0 Å². The third-order valence-electron chi connectivity index (χ3n) is 6.58. The highest BCUT2D eigenvalue weighted by Gasteiger charge is 2.30. The Morgan fingerprint density at radius 3 is 2.08 bits per heavy atom. The molecule has 2 aliphatic rings. The molecular weight excluding hydrogens is 297 g/mol. The Labute approximate surface area is 148 Å². The average molecular weight is 334 g/mol. The topological polar surface area (TPSA) is 23.8 Å². The molecule has 0 spiro atoms. The SMILES string of the molecule is CCCCCCC[C@H]1CC[C@H]([C@H]2CC[C@H](C=C(F)C#N)CC2)CC1. The maximum absolute atomic E-state index is 13.1. The van der Waals surface area contributed by atoms with Gasteiger partial charge in [0.15, 0.2) is 5.83 Å². The van der Waals surface area contributed by atoms with Gasteiger partial charge in [0.1, 0.15) is 6.07 Å². The number of hydrogen-bond acceptors (Lipinski definition) is 1. The van der Waals surface area contributed by atoms with Crippen LogP contribution in [-0.2, 0) is 0 Å². The van der Waals surface area contributed by atoms with Crippen molar-refractivity contribution in [3.63, 3.8) is 0 Å². The molecular formula is C22H36FN. The molecule has 2 aliphatic carbocycles. The second kappa shape index (κ2) is 10.9. The van der Waals surface area contributed by atoms with Crippen LogP contribution in [0.3, 0.4) is 0 Å². The van der Waals surface area contributed by atoms with Crippen LogP contribution in [0.5, 0.6) is 0 Å². The van der Waals surface area contributed by atoms with Crippen molar-refractivity contribution in [3.8, 4) is 6.07 Å². The Bertz CT molecular complexity index is 406. The molecule has 0 atom stereocenters. The highest BCUT2D eigenvalue weighted by atomic mass is 19.1. The van der Waals surface area contributed by atoms with Crippen LogP contribution in [0.4, 0.5) is 4.39 Å². The van der Waals surface area contributed by atoms with Gasteiger partial charge in [0, 0.05) is 0 Å². The summed E-state index contributed by atoms with van der Waals surface area (Å²) < 4.78 is 13.1. The van der Waals surface area contributed by atoms with Crippen molar-refractivity contribution in [2.75, 3.05) is 0 Å². The first-order chi connectivity index (χ1) is 11.7. The van der Waals surface area contributed by atoms with Crippen LogP contribution in [-0.4, -0.2) is 0 Å². The molecule has 0 heterocycles. The molecule has 0 N–H and O–H groups in total. The Morgan fingerprint density at radius 2 is 1.50 bits per heavy atom. The first-order valence-corrected chi connectivity index (χ1v) is 10.5. The van der Waals surface area contributed by atoms with Crippen LogP contribution in [0.2, 0.25) is 0 Å². The monoisotopic (exact) mass is 333 g/mol. The number of nitriles is 1. The Hall–Kier alpha value is -0.840. The Balaban J connectivity index is 1.61. The number of halogens is 1. The predicted molar refractivity (Wildman–Crippen MR) is 99.1 cm³/mol. The van der Waals surface area contributed by atoms with E-state index in [4.69, 9.17) is 5.26 Å². The van der Waals surface area contributed by atoms with E-state index in [9.17, 15) is 4.39 Å². The Kier molecular flexibility index (Phi) is 8.86. The second-order valence-corrected chi connectivity index (χ2v) is 8.28. The van der Waals surface area contributed by atoms with Gasteiger partial charge in [0.05, 0.1) is 0 Å². The lowest BCUT2D eigenvalue weighted by atomic mass is 9.68. The fourth-order valence-corrected chi connectivity index (χ4v) is 5.01. The highest BCUT2D eigenvalue weighted by Crippen LogP contribution is 2.42.